The number of hydrogen-bond acceptors (Lipinski definition) is 3. The maximum absolute atomic E-state index is 13.3. The van der Waals surface area contributed by atoms with Crippen molar-refractivity contribution in [2.45, 2.75) is 19.8 Å². The molecule has 3 rings (SSSR count). The molecular weight excluding hydrogens is 484 g/mol. The molecule has 0 saturated carbocycles. The lowest BCUT2D eigenvalue weighted by Gasteiger charge is -2.14. The molecule has 2 heterocycles. The number of hydrogen-bond donors (Lipinski definition) is 0. The van der Waals surface area contributed by atoms with Crippen molar-refractivity contribution in [2.24, 2.45) is 0 Å². The molecule has 0 bridgehead atoms. The predicted octanol–water partition coefficient (Wildman–Crippen LogP) is 5.59. The van der Waals surface area contributed by atoms with Crippen molar-refractivity contribution < 1.29 is 9.53 Å². The molecule has 6 heteroatoms. The van der Waals surface area contributed by atoms with E-state index in [1.165, 1.54) is 0 Å². The third kappa shape index (κ3) is 4.50. The van der Waals surface area contributed by atoms with Crippen LogP contribution in [0.2, 0.25) is 0 Å². The van der Waals surface area contributed by atoms with Crippen molar-refractivity contribution >= 4 is 43.2 Å². The molecule has 0 aliphatic rings. The molecule has 28 heavy (non-hydrogen) atoms. The fourth-order valence-corrected chi connectivity index (χ4v) is 4.64. The van der Waals surface area contributed by atoms with Crippen molar-refractivity contribution in [1.82, 2.24) is 9.30 Å². The quantitative estimate of drug-likeness (QED) is 0.294. The highest BCUT2D eigenvalue weighted by molar-refractivity contribution is 9.11. The SMILES string of the molecule is CCc1cc2ccccn2c1C(=O)c1cc(Br)c(OCCCN(C)C)c(Br)c1. The van der Waals surface area contributed by atoms with Gasteiger partial charge in [-0.25, -0.2) is 0 Å². The molecule has 0 amide bonds. The summed E-state index contributed by atoms with van der Waals surface area (Å²) in [6, 6.07) is 11.7. The Morgan fingerprint density at radius 2 is 1.86 bits per heavy atom. The van der Waals surface area contributed by atoms with Crippen molar-refractivity contribution in [2.75, 3.05) is 27.2 Å². The van der Waals surface area contributed by atoms with Crippen LogP contribution in [-0.2, 0) is 6.42 Å². The van der Waals surface area contributed by atoms with Gasteiger partial charge in [0.2, 0.25) is 5.78 Å². The van der Waals surface area contributed by atoms with Crippen molar-refractivity contribution in [3.05, 3.63) is 68.4 Å². The topological polar surface area (TPSA) is 34.0 Å². The highest BCUT2D eigenvalue weighted by Crippen LogP contribution is 2.36. The van der Waals surface area contributed by atoms with Gasteiger partial charge in [-0.15, -0.1) is 0 Å². The number of ether oxygens (including phenoxy) is 1. The zero-order chi connectivity index (χ0) is 20.3. The summed E-state index contributed by atoms with van der Waals surface area (Å²) in [5, 5.41) is 0. The van der Waals surface area contributed by atoms with Crippen molar-refractivity contribution in [3.63, 3.8) is 0 Å². The minimum Gasteiger partial charge on any atom is -0.491 e. The Balaban J connectivity index is 1.89. The predicted molar refractivity (Wildman–Crippen MR) is 121 cm³/mol. The van der Waals surface area contributed by atoms with Crippen LogP contribution in [0.5, 0.6) is 5.75 Å². The minimum absolute atomic E-state index is 0.00334. The normalized spacial score (nSPS) is 11.4. The zero-order valence-electron chi connectivity index (χ0n) is 16.3. The average molecular weight is 508 g/mol. The van der Waals surface area contributed by atoms with Gasteiger partial charge in [0.15, 0.2) is 0 Å². The first-order valence-corrected chi connectivity index (χ1v) is 10.9. The fraction of sp³-hybridized carbons (Fsp3) is 0.318. The van der Waals surface area contributed by atoms with E-state index in [0.29, 0.717) is 12.2 Å². The van der Waals surface area contributed by atoms with Gasteiger partial charge >= 0.3 is 0 Å². The van der Waals surface area contributed by atoms with Gasteiger partial charge in [0.25, 0.3) is 0 Å². The number of ketones is 1. The second kappa shape index (κ2) is 9.25. The first kappa shape index (κ1) is 21.1. The van der Waals surface area contributed by atoms with E-state index in [2.05, 4.69) is 49.7 Å². The van der Waals surface area contributed by atoms with E-state index in [1.54, 1.807) is 0 Å². The van der Waals surface area contributed by atoms with Crippen molar-refractivity contribution in [1.29, 1.82) is 0 Å². The van der Waals surface area contributed by atoms with E-state index in [1.807, 2.05) is 55.0 Å². The number of pyridine rings is 1. The summed E-state index contributed by atoms with van der Waals surface area (Å²) >= 11 is 7.14. The van der Waals surface area contributed by atoms with E-state index in [0.717, 1.165) is 50.9 Å². The number of carbonyl (C=O) groups is 1. The molecule has 0 atom stereocenters. The van der Waals surface area contributed by atoms with Gasteiger partial charge in [0, 0.05) is 23.8 Å². The van der Waals surface area contributed by atoms with Gasteiger partial charge in [-0.05, 0) is 94.7 Å². The van der Waals surface area contributed by atoms with Crippen LogP contribution in [0.4, 0.5) is 0 Å². The lowest BCUT2D eigenvalue weighted by Crippen LogP contribution is -2.15. The maximum atomic E-state index is 13.3. The van der Waals surface area contributed by atoms with E-state index >= 15 is 0 Å². The Hall–Kier alpha value is -1.63. The van der Waals surface area contributed by atoms with Crippen LogP contribution in [0.3, 0.4) is 0 Å². The van der Waals surface area contributed by atoms with Crippen LogP contribution in [0, 0.1) is 0 Å². The van der Waals surface area contributed by atoms with Gasteiger partial charge in [0.05, 0.1) is 21.2 Å². The highest BCUT2D eigenvalue weighted by atomic mass is 79.9. The lowest BCUT2D eigenvalue weighted by molar-refractivity contribution is 0.103. The third-order valence-electron chi connectivity index (χ3n) is 4.61. The molecule has 0 N–H and O–H groups in total. The van der Waals surface area contributed by atoms with Gasteiger partial charge < -0.3 is 14.0 Å². The first-order valence-electron chi connectivity index (χ1n) is 9.32. The summed E-state index contributed by atoms with van der Waals surface area (Å²) in [6.07, 6.45) is 3.68. The number of halogens is 2. The number of rotatable bonds is 8. The molecule has 0 spiro atoms. The Bertz CT molecular complexity index is 972. The highest BCUT2D eigenvalue weighted by Gasteiger charge is 2.20. The van der Waals surface area contributed by atoms with Crippen LogP contribution >= 0.6 is 31.9 Å². The van der Waals surface area contributed by atoms with Gasteiger partial charge in [-0.1, -0.05) is 13.0 Å². The van der Waals surface area contributed by atoms with Gasteiger partial charge in [0.1, 0.15) is 5.75 Å². The van der Waals surface area contributed by atoms with Crippen LogP contribution in [0.1, 0.15) is 35.0 Å². The summed E-state index contributed by atoms with van der Waals surface area (Å²) in [5.74, 6) is 0.731. The molecule has 1 aromatic carbocycles. The molecular formula is C22H24Br2N2O2. The smallest absolute Gasteiger partial charge is 0.210 e. The Morgan fingerprint density at radius 1 is 1.14 bits per heavy atom. The monoisotopic (exact) mass is 506 g/mol. The number of aryl methyl sites for hydroxylation is 1. The van der Waals surface area contributed by atoms with E-state index in [-0.39, 0.29) is 5.78 Å². The second-order valence-corrected chi connectivity index (χ2v) is 8.68. The summed E-state index contributed by atoms with van der Waals surface area (Å²) in [4.78, 5) is 15.5. The molecule has 0 aliphatic carbocycles. The number of benzene rings is 1. The summed E-state index contributed by atoms with van der Waals surface area (Å²) < 4.78 is 9.43. The first-order chi connectivity index (χ1) is 13.4. The molecule has 148 valence electrons. The molecule has 0 aliphatic heterocycles. The standard InChI is InChI=1S/C22H24Br2N2O2/c1-4-15-12-17-8-5-6-10-26(17)20(15)21(27)16-13-18(23)22(19(24)14-16)28-11-7-9-25(2)3/h5-6,8,10,12-14H,4,7,9,11H2,1-3H3. The van der Waals surface area contributed by atoms with E-state index in [9.17, 15) is 4.79 Å². The Labute approximate surface area is 182 Å². The Morgan fingerprint density at radius 3 is 2.50 bits per heavy atom. The van der Waals surface area contributed by atoms with Gasteiger partial charge in [-0.3, -0.25) is 4.79 Å². The van der Waals surface area contributed by atoms with Crippen LogP contribution in [-0.4, -0.2) is 42.3 Å². The molecule has 0 saturated heterocycles. The molecule has 3 aromatic rings. The maximum Gasteiger partial charge on any atom is 0.210 e. The largest absolute Gasteiger partial charge is 0.491 e. The van der Waals surface area contributed by atoms with Crippen LogP contribution in [0.25, 0.3) is 5.52 Å². The minimum atomic E-state index is 0.00334. The van der Waals surface area contributed by atoms with Crippen molar-refractivity contribution in [3.8, 4) is 5.75 Å². The number of nitrogens with zero attached hydrogens (tertiary/aromatic N) is 2. The molecule has 0 radical (unpaired) electrons. The fourth-order valence-electron chi connectivity index (χ4n) is 3.22. The zero-order valence-corrected chi connectivity index (χ0v) is 19.5. The number of carbonyl (C=O) groups excluding carboxylic acids is 1. The average Bonchev–Trinajstić information content (AvgIpc) is 3.04. The van der Waals surface area contributed by atoms with Crippen LogP contribution < -0.4 is 4.74 Å². The molecule has 4 nitrogen and oxygen atoms in total. The van der Waals surface area contributed by atoms with Crippen LogP contribution in [0.15, 0.2) is 51.5 Å². The van der Waals surface area contributed by atoms with E-state index in [4.69, 9.17) is 4.74 Å². The lowest BCUT2D eigenvalue weighted by atomic mass is 10.0. The Kier molecular flexibility index (Phi) is 6.96. The van der Waals surface area contributed by atoms with E-state index < -0.39 is 0 Å². The molecule has 2 aromatic heterocycles. The third-order valence-corrected chi connectivity index (χ3v) is 5.79. The molecule has 0 unspecified atom stereocenters. The summed E-state index contributed by atoms with van der Waals surface area (Å²) in [7, 11) is 4.09. The molecule has 0 fully saturated rings. The van der Waals surface area contributed by atoms with Gasteiger partial charge in [-0.2, -0.15) is 0 Å². The number of fused-ring (bicyclic) bond motifs is 1. The summed E-state index contributed by atoms with van der Waals surface area (Å²) in [6.45, 7) is 3.65. The second-order valence-electron chi connectivity index (χ2n) is 6.97. The number of aromatic nitrogens is 1. The summed E-state index contributed by atoms with van der Waals surface area (Å²) in [5.41, 5.74) is 3.42.